The lowest BCUT2D eigenvalue weighted by Crippen LogP contribution is -2.39. The van der Waals surface area contributed by atoms with E-state index < -0.39 is 11.7 Å². The molecular weight excluding hydrogens is 233 g/mol. The molecule has 0 spiro atoms. The Labute approximate surface area is 97.0 Å². The van der Waals surface area contributed by atoms with Crippen molar-refractivity contribution in [3.8, 4) is 5.75 Å². The van der Waals surface area contributed by atoms with E-state index in [1.54, 1.807) is 19.1 Å². The van der Waals surface area contributed by atoms with Gasteiger partial charge in [-0.2, -0.15) is 13.2 Å². The van der Waals surface area contributed by atoms with Gasteiger partial charge in [0.15, 0.2) is 11.6 Å². The Kier molecular flexibility index (Phi) is 2.89. The number of hydrogen-bond acceptors (Lipinski definition) is 3. The predicted octanol–water partition coefficient (Wildman–Crippen LogP) is 2.99. The molecule has 1 aromatic heterocycles. The molecule has 17 heavy (non-hydrogen) atoms. The van der Waals surface area contributed by atoms with Gasteiger partial charge in [0.25, 0.3) is 0 Å². The van der Waals surface area contributed by atoms with E-state index in [0.29, 0.717) is 12.4 Å². The number of nitrogens with zero attached hydrogens (tertiary/aromatic N) is 1. The van der Waals surface area contributed by atoms with Gasteiger partial charge in [0, 0.05) is 6.20 Å². The van der Waals surface area contributed by atoms with Gasteiger partial charge >= 0.3 is 6.18 Å². The van der Waals surface area contributed by atoms with E-state index in [1.165, 1.54) is 6.20 Å². The fraction of sp³-hybridized carbons (Fsp3) is 0.545. The van der Waals surface area contributed by atoms with Crippen molar-refractivity contribution in [2.24, 2.45) is 0 Å². The van der Waals surface area contributed by atoms with Gasteiger partial charge < -0.3 is 10.1 Å². The molecule has 0 radical (unpaired) electrons. The van der Waals surface area contributed by atoms with Crippen molar-refractivity contribution < 1.29 is 17.9 Å². The number of anilines is 1. The van der Waals surface area contributed by atoms with Crippen LogP contribution in [0.1, 0.15) is 19.8 Å². The summed E-state index contributed by atoms with van der Waals surface area (Å²) in [7, 11) is 0. The molecular formula is C11H13F3N2O. The predicted molar refractivity (Wildman–Crippen MR) is 57.0 cm³/mol. The fourth-order valence-corrected chi connectivity index (χ4v) is 1.59. The molecule has 1 aliphatic carbocycles. The number of ether oxygens (including phenoxy) is 1. The summed E-state index contributed by atoms with van der Waals surface area (Å²) in [4.78, 5) is 3.90. The van der Waals surface area contributed by atoms with Crippen molar-refractivity contribution in [3.63, 3.8) is 0 Å². The molecule has 0 bridgehead atoms. The zero-order valence-corrected chi connectivity index (χ0v) is 9.34. The Bertz CT molecular complexity index is 402. The minimum absolute atomic E-state index is 0.0820. The Morgan fingerprint density at radius 2 is 2.18 bits per heavy atom. The van der Waals surface area contributed by atoms with Crippen LogP contribution >= 0.6 is 0 Å². The lowest BCUT2D eigenvalue weighted by molar-refractivity contribution is -0.151. The number of halogens is 3. The van der Waals surface area contributed by atoms with Crippen LogP contribution in [0.2, 0.25) is 0 Å². The van der Waals surface area contributed by atoms with Crippen molar-refractivity contribution in [2.45, 2.75) is 31.5 Å². The maximum Gasteiger partial charge on any atom is 0.411 e. The maximum atomic E-state index is 12.8. The van der Waals surface area contributed by atoms with Crippen LogP contribution in [-0.4, -0.2) is 23.3 Å². The van der Waals surface area contributed by atoms with E-state index in [4.69, 9.17) is 4.74 Å². The highest BCUT2D eigenvalue weighted by Gasteiger charge is 2.63. The largest absolute Gasteiger partial charge is 0.490 e. The molecule has 1 fully saturated rings. The molecule has 0 saturated heterocycles. The summed E-state index contributed by atoms with van der Waals surface area (Å²) in [6, 6.07) is 3.23. The average molecular weight is 246 g/mol. The van der Waals surface area contributed by atoms with Gasteiger partial charge in [0.1, 0.15) is 5.54 Å². The van der Waals surface area contributed by atoms with Gasteiger partial charge in [-0.3, -0.25) is 0 Å². The quantitative estimate of drug-likeness (QED) is 0.886. The number of pyridine rings is 1. The van der Waals surface area contributed by atoms with E-state index in [1.807, 2.05) is 0 Å². The number of aromatic nitrogens is 1. The summed E-state index contributed by atoms with van der Waals surface area (Å²) in [5, 5.41) is 2.46. The summed E-state index contributed by atoms with van der Waals surface area (Å²) in [6.07, 6.45) is -2.65. The van der Waals surface area contributed by atoms with Crippen LogP contribution in [0.5, 0.6) is 5.75 Å². The lowest BCUT2D eigenvalue weighted by Gasteiger charge is -2.22. The highest BCUT2D eigenvalue weighted by molar-refractivity contribution is 5.53. The molecule has 3 nitrogen and oxygen atoms in total. The molecule has 0 aromatic carbocycles. The summed E-state index contributed by atoms with van der Waals surface area (Å²) in [5.74, 6) is 0.509. The van der Waals surface area contributed by atoms with E-state index in [-0.39, 0.29) is 18.7 Å². The summed E-state index contributed by atoms with van der Waals surface area (Å²) in [5.41, 5.74) is -1.81. The molecule has 0 atom stereocenters. The second kappa shape index (κ2) is 4.09. The lowest BCUT2D eigenvalue weighted by atomic mass is 10.2. The van der Waals surface area contributed by atoms with Crippen molar-refractivity contribution in [3.05, 3.63) is 18.3 Å². The molecule has 1 N–H and O–H groups in total. The topological polar surface area (TPSA) is 34.1 Å². The number of alkyl halides is 3. The molecule has 94 valence electrons. The second-order valence-electron chi connectivity index (χ2n) is 3.99. The molecule has 2 rings (SSSR count). The molecule has 0 aliphatic heterocycles. The Hall–Kier alpha value is -1.46. The average Bonchev–Trinajstić information content (AvgIpc) is 3.01. The van der Waals surface area contributed by atoms with Crippen LogP contribution in [0.25, 0.3) is 0 Å². The normalized spacial score (nSPS) is 17.6. The molecule has 0 amide bonds. The van der Waals surface area contributed by atoms with Gasteiger partial charge in [-0.15, -0.1) is 0 Å². The van der Waals surface area contributed by atoms with Gasteiger partial charge in [-0.1, -0.05) is 0 Å². The Morgan fingerprint density at radius 1 is 1.47 bits per heavy atom. The van der Waals surface area contributed by atoms with Crippen molar-refractivity contribution >= 4 is 5.82 Å². The van der Waals surface area contributed by atoms with Gasteiger partial charge in [0.05, 0.1) is 6.61 Å². The van der Waals surface area contributed by atoms with Gasteiger partial charge in [-0.05, 0) is 31.9 Å². The number of rotatable bonds is 4. The first-order valence-corrected chi connectivity index (χ1v) is 5.41. The summed E-state index contributed by atoms with van der Waals surface area (Å²) in [6.45, 7) is 2.16. The third-order valence-electron chi connectivity index (χ3n) is 2.72. The minimum Gasteiger partial charge on any atom is -0.490 e. The van der Waals surface area contributed by atoms with Crippen LogP contribution in [0, 0.1) is 0 Å². The zero-order chi connectivity index (χ0) is 12.5. The van der Waals surface area contributed by atoms with Gasteiger partial charge in [0.2, 0.25) is 0 Å². The number of hydrogen-bond donors (Lipinski definition) is 1. The first-order chi connectivity index (χ1) is 7.98. The fourth-order valence-electron chi connectivity index (χ4n) is 1.59. The van der Waals surface area contributed by atoms with Crippen LogP contribution < -0.4 is 10.1 Å². The Balaban J connectivity index is 2.19. The smallest absolute Gasteiger partial charge is 0.411 e. The van der Waals surface area contributed by atoms with Crippen LogP contribution in [0.15, 0.2) is 18.3 Å². The van der Waals surface area contributed by atoms with Crippen LogP contribution in [-0.2, 0) is 0 Å². The van der Waals surface area contributed by atoms with Crippen molar-refractivity contribution in [1.82, 2.24) is 4.98 Å². The standard InChI is InChI=1S/C11H13F3N2O/c1-2-17-8-4-3-7-15-9(8)16-10(5-6-10)11(12,13)14/h3-4,7H,2,5-6H2,1H3,(H,15,16). The first-order valence-electron chi connectivity index (χ1n) is 5.41. The molecule has 1 aromatic rings. The van der Waals surface area contributed by atoms with Crippen LogP contribution in [0.4, 0.5) is 19.0 Å². The SMILES string of the molecule is CCOc1cccnc1NC1(C(F)(F)F)CC1. The summed E-state index contributed by atoms with van der Waals surface area (Å²) >= 11 is 0. The third-order valence-corrected chi connectivity index (χ3v) is 2.72. The van der Waals surface area contributed by atoms with E-state index in [2.05, 4.69) is 10.3 Å². The van der Waals surface area contributed by atoms with E-state index in [9.17, 15) is 13.2 Å². The Morgan fingerprint density at radius 3 is 2.71 bits per heavy atom. The molecule has 0 unspecified atom stereocenters. The third kappa shape index (κ3) is 2.30. The molecule has 1 aliphatic rings. The maximum absolute atomic E-state index is 12.8. The van der Waals surface area contributed by atoms with E-state index >= 15 is 0 Å². The minimum atomic E-state index is -4.26. The van der Waals surface area contributed by atoms with E-state index in [0.717, 1.165) is 0 Å². The molecule has 1 heterocycles. The van der Waals surface area contributed by atoms with Crippen molar-refractivity contribution in [1.29, 1.82) is 0 Å². The highest BCUT2D eigenvalue weighted by Crippen LogP contribution is 2.51. The zero-order valence-electron chi connectivity index (χ0n) is 9.34. The first kappa shape index (κ1) is 12.0. The highest BCUT2D eigenvalue weighted by atomic mass is 19.4. The second-order valence-corrected chi connectivity index (χ2v) is 3.99. The molecule has 1 saturated carbocycles. The van der Waals surface area contributed by atoms with Gasteiger partial charge in [-0.25, -0.2) is 4.98 Å². The monoisotopic (exact) mass is 246 g/mol. The molecule has 6 heteroatoms. The summed E-state index contributed by atoms with van der Waals surface area (Å²) < 4.78 is 43.5. The number of nitrogens with one attached hydrogen (secondary N) is 1. The van der Waals surface area contributed by atoms with Crippen molar-refractivity contribution in [2.75, 3.05) is 11.9 Å². The van der Waals surface area contributed by atoms with Crippen LogP contribution in [0.3, 0.4) is 0 Å².